The second-order valence-corrected chi connectivity index (χ2v) is 9.24. The first-order chi connectivity index (χ1) is 17.2. The molecular formula is C27H17BrO8. The van der Waals surface area contributed by atoms with Crippen molar-refractivity contribution in [2.45, 2.75) is 6.42 Å². The molecule has 1 aliphatic carbocycles. The number of phenolic OH excluding ortho intramolecular Hbond substituents is 7. The molecule has 180 valence electrons. The lowest BCUT2D eigenvalue weighted by Crippen LogP contribution is -1.97. The van der Waals surface area contributed by atoms with Crippen molar-refractivity contribution in [2.24, 2.45) is 0 Å². The summed E-state index contributed by atoms with van der Waals surface area (Å²) in [7, 11) is 0. The van der Waals surface area contributed by atoms with Gasteiger partial charge in [0.2, 0.25) is 23.0 Å². The molecule has 6 rings (SSSR count). The zero-order valence-electron chi connectivity index (χ0n) is 18.2. The molecule has 0 saturated carbocycles. The van der Waals surface area contributed by atoms with Crippen LogP contribution in [0.25, 0.3) is 49.9 Å². The van der Waals surface area contributed by atoms with Gasteiger partial charge in [0.05, 0.1) is 16.3 Å². The summed E-state index contributed by atoms with van der Waals surface area (Å²) in [5.41, 5.74) is 1.45. The highest BCUT2D eigenvalue weighted by atomic mass is 79.9. The predicted molar refractivity (Wildman–Crippen MR) is 138 cm³/mol. The number of aromatic hydroxyl groups is 7. The van der Waals surface area contributed by atoms with Gasteiger partial charge in [-0.15, -0.1) is 0 Å². The van der Waals surface area contributed by atoms with Gasteiger partial charge in [0.15, 0.2) is 28.4 Å². The molecular weight excluding hydrogens is 532 g/mol. The van der Waals surface area contributed by atoms with Gasteiger partial charge in [-0.1, -0.05) is 48.6 Å². The molecule has 4 aromatic carbocycles. The van der Waals surface area contributed by atoms with E-state index in [1.807, 2.05) is 48.6 Å². The summed E-state index contributed by atoms with van der Waals surface area (Å²) in [6.45, 7) is 0. The number of halogens is 1. The first-order valence-corrected chi connectivity index (χ1v) is 11.6. The lowest BCUT2D eigenvalue weighted by molar-refractivity contribution is 0.348. The van der Waals surface area contributed by atoms with Gasteiger partial charge in [0.25, 0.3) is 0 Å². The number of hydrogen-bond donors (Lipinski definition) is 7. The Morgan fingerprint density at radius 3 is 1.97 bits per heavy atom. The average Bonchev–Trinajstić information content (AvgIpc) is 3.11. The number of allylic oxidation sites excluding steroid dienone is 3. The van der Waals surface area contributed by atoms with E-state index >= 15 is 0 Å². The Labute approximate surface area is 210 Å². The molecule has 0 bridgehead atoms. The third-order valence-electron chi connectivity index (χ3n) is 6.56. The van der Waals surface area contributed by atoms with Gasteiger partial charge in [-0.05, 0) is 44.3 Å². The van der Waals surface area contributed by atoms with Crippen LogP contribution in [-0.2, 0) is 6.42 Å². The van der Waals surface area contributed by atoms with Crippen LogP contribution in [0.15, 0.2) is 51.4 Å². The fourth-order valence-electron chi connectivity index (χ4n) is 4.92. The summed E-state index contributed by atoms with van der Waals surface area (Å²) in [5, 5.41) is 74.7. The lowest BCUT2D eigenvalue weighted by Gasteiger charge is -2.19. The van der Waals surface area contributed by atoms with Crippen LogP contribution in [0.3, 0.4) is 0 Å². The minimum Gasteiger partial charge on any atom is -0.504 e. The van der Waals surface area contributed by atoms with Gasteiger partial charge >= 0.3 is 0 Å². The fourth-order valence-corrected chi connectivity index (χ4v) is 5.64. The molecule has 1 aliphatic rings. The van der Waals surface area contributed by atoms with Crippen LogP contribution in [0.2, 0.25) is 0 Å². The van der Waals surface area contributed by atoms with E-state index in [2.05, 4.69) is 15.9 Å². The van der Waals surface area contributed by atoms with Crippen molar-refractivity contribution in [3.05, 3.63) is 58.1 Å². The average molecular weight is 549 g/mol. The summed E-state index contributed by atoms with van der Waals surface area (Å²) in [6.07, 6.45) is 8.03. The first kappa shape index (κ1) is 22.0. The molecule has 36 heavy (non-hydrogen) atoms. The Hall–Kier alpha value is -4.50. The van der Waals surface area contributed by atoms with Crippen LogP contribution < -0.4 is 0 Å². The van der Waals surface area contributed by atoms with E-state index in [9.17, 15) is 35.7 Å². The minimum absolute atomic E-state index is 0.00192. The largest absolute Gasteiger partial charge is 0.504 e. The molecule has 0 unspecified atom stereocenters. The van der Waals surface area contributed by atoms with Gasteiger partial charge in [0.1, 0.15) is 0 Å². The molecule has 9 heteroatoms. The van der Waals surface area contributed by atoms with Gasteiger partial charge < -0.3 is 40.2 Å². The van der Waals surface area contributed by atoms with Crippen molar-refractivity contribution >= 4 is 54.7 Å². The van der Waals surface area contributed by atoms with Crippen LogP contribution >= 0.6 is 15.9 Å². The molecule has 5 aromatic rings. The van der Waals surface area contributed by atoms with Gasteiger partial charge in [-0.25, -0.2) is 0 Å². The number of fused-ring (bicyclic) bond motifs is 5. The quantitative estimate of drug-likeness (QED) is 0.0959. The van der Waals surface area contributed by atoms with E-state index in [-0.39, 0.29) is 21.9 Å². The van der Waals surface area contributed by atoms with E-state index in [1.54, 1.807) is 0 Å². The molecule has 0 spiro atoms. The van der Waals surface area contributed by atoms with Crippen LogP contribution in [0, 0.1) is 0 Å². The van der Waals surface area contributed by atoms with Gasteiger partial charge in [0, 0.05) is 10.0 Å². The molecule has 1 aromatic heterocycles. The lowest BCUT2D eigenvalue weighted by atomic mass is 9.87. The Bertz CT molecular complexity index is 1850. The molecule has 0 amide bonds. The molecule has 0 atom stereocenters. The summed E-state index contributed by atoms with van der Waals surface area (Å²) in [6, 6.07) is 7.39. The van der Waals surface area contributed by atoms with E-state index in [0.717, 1.165) is 21.0 Å². The van der Waals surface area contributed by atoms with Crippen molar-refractivity contribution in [1.82, 2.24) is 0 Å². The Balaban J connectivity index is 1.92. The van der Waals surface area contributed by atoms with Crippen LogP contribution in [-0.4, -0.2) is 35.7 Å². The fraction of sp³-hybridized carbons (Fsp3) is 0.0370. The number of benzene rings is 4. The summed E-state index contributed by atoms with van der Waals surface area (Å²) in [4.78, 5) is 0. The third kappa shape index (κ3) is 2.68. The van der Waals surface area contributed by atoms with E-state index in [1.165, 1.54) is 0 Å². The predicted octanol–water partition coefficient (Wildman–Crippen LogP) is 6.23. The smallest absolute Gasteiger partial charge is 0.208 e. The molecule has 1 heterocycles. The first-order valence-electron chi connectivity index (χ1n) is 10.8. The number of phenols is 7. The zero-order chi connectivity index (χ0) is 25.5. The second kappa shape index (κ2) is 7.50. The van der Waals surface area contributed by atoms with E-state index in [4.69, 9.17) is 4.42 Å². The molecule has 0 saturated heterocycles. The third-order valence-corrected chi connectivity index (χ3v) is 7.41. The summed E-state index contributed by atoms with van der Waals surface area (Å²) >= 11 is 3.69. The number of rotatable bonds is 1. The normalized spacial score (nSPS) is 13.0. The monoisotopic (exact) mass is 548 g/mol. The van der Waals surface area contributed by atoms with Crippen molar-refractivity contribution in [2.75, 3.05) is 0 Å². The van der Waals surface area contributed by atoms with E-state index in [0.29, 0.717) is 17.4 Å². The molecule has 8 nitrogen and oxygen atoms in total. The highest BCUT2D eigenvalue weighted by Crippen LogP contribution is 2.59. The van der Waals surface area contributed by atoms with Gasteiger partial charge in [-0.2, -0.15) is 0 Å². The van der Waals surface area contributed by atoms with Crippen LogP contribution in [0.5, 0.6) is 40.2 Å². The van der Waals surface area contributed by atoms with Gasteiger partial charge in [-0.3, -0.25) is 0 Å². The SMILES string of the molecule is Oc1c(O)c(O)c2c(oc3c(-c4c5c(c(Br)c6ccccc46)C=CC=CC5)c(O)c(O)c(O)c32)c1O. The Morgan fingerprint density at radius 2 is 1.25 bits per heavy atom. The standard InChI is InChI=1S/C27H17BrO8/c28-18-12-8-3-1-2-6-10(12)14(11-7-4-5-9-13(11)18)15-19(29)22(32)20(30)16-17-21(31)23(33)24(34)25(35)27(17)36-26(15)16/h1-5,7-9,29-35H,6H2. The molecule has 0 aliphatic heterocycles. The van der Waals surface area contributed by atoms with Crippen molar-refractivity contribution in [3.63, 3.8) is 0 Å². The maximum atomic E-state index is 11.2. The second-order valence-electron chi connectivity index (χ2n) is 8.44. The van der Waals surface area contributed by atoms with Crippen molar-refractivity contribution < 1.29 is 40.2 Å². The Kier molecular flexibility index (Phi) is 4.58. The topological polar surface area (TPSA) is 155 Å². The number of hydrogen-bond acceptors (Lipinski definition) is 8. The van der Waals surface area contributed by atoms with Crippen molar-refractivity contribution in [3.8, 4) is 51.4 Å². The van der Waals surface area contributed by atoms with Crippen molar-refractivity contribution in [1.29, 1.82) is 0 Å². The summed E-state index contributed by atoms with van der Waals surface area (Å²) in [5.74, 6) is -6.22. The van der Waals surface area contributed by atoms with Crippen LogP contribution in [0.1, 0.15) is 11.1 Å². The number of furan rings is 1. The maximum Gasteiger partial charge on any atom is 0.208 e. The molecule has 7 N–H and O–H groups in total. The van der Waals surface area contributed by atoms with Crippen LogP contribution in [0.4, 0.5) is 0 Å². The Morgan fingerprint density at radius 1 is 0.639 bits per heavy atom. The molecule has 0 radical (unpaired) electrons. The maximum absolute atomic E-state index is 11.2. The van der Waals surface area contributed by atoms with E-state index < -0.39 is 45.8 Å². The highest BCUT2D eigenvalue weighted by molar-refractivity contribution is 9.10. The molecule has 0 fully saturated rings. The summed E-state index contributed by atoms with van der Waals surface area (Å²) < 4.78 is 6.67. The zero-order valence-corrected chi connectivity index (χ0v) is 19.8. The minimum atomic E-state index is -1.03. The highest BCUT2D eigenvalue weighted by Gasteiger charge is 2.32.